The number of aryl methyl sites for hydroxylation is 2. The zero-order chi connectivity index (χ0) is 15.7. The van der Waals surface area contributed by atoms with Crippen molar-refractivity contribution in [3.05, 3.63) is 44.8 Å². The molecule has 116 valence electrons. The van der Waals surface area contributed by atoms with Gasteiger partial charge in [-0.15, -0.1) is 11.3 Å². The molecule has 0 fully saturated rings. The van der Waals surface area contributed by atoms with E-state index in [9.17, 15) is 0 Å². The Hall–Kier alpha value is -1.00. The third kappa shape index (κ3) is 3.04. The Bertz CT molecular complexity index is 804. The molecule has 0 amide bonds. The molecule has 0 radical (unpaired) electrons. The molecule has 0 unspecified atom stereocenters. The van der Waals surface area contributed by atoms with E-state index in [1.165, 1.54) is 16.0 Å². The van der Waals surface area contributed by atoms with Crippen molar-refractivity contribution in [3.63, 3.8) is 0 Å². The van der Waals surface area contributed by atoms with E-state index in [4.69, 9.17) is 28.9 Å². The van der Waals surface area contributed by atoms with E-state index in [2.05, 4.69) is 23.4 Å². The molecule has 2 aromatic heterocycles. The van der Waals surface area contributed by atoms with Crippen molar-refractivity contribution in [2.75, 3.05) is 6.54 Å². The fourth-order valence-corrected chi connectivity index (χ4v) is 4.32. The van der Waals surface area contributed by atoms with Crippen LogP contribution in [0, 0.1) is 6.92 Å². The maximum absolute atomic E-state index is 6.46. The van der Waals surface area contributed by atoms with Gasteiger partial charge in [0.15, 0.2) is 0 Å². The summed E-state index contributed by atoms with van der Waals surface area (Å²) in [5.74, 6) is 0. The van der Waals surface area contributed by atoms with Crippen molar-refractivity contribution in [2.24, 2.45) is 5.73 Å². The van der Waals surface area contributed by atoms with Crippen molar-refractivity contribution in [1.82, 2.24) is 4.98 Å². The van der Waals surface area contributed by atoms with Crippen molar-refractivity contribution >= 4 is 45.4 Å². The number of aromatic nitrogens is 1. The summed E-state index contributed by atoms with van der Waals surface area (Å²) in [5, 5.41) is 4.62. The van der Waals surface area contributed by atoms with Crippen LogP contribution in [0.15, 0.2) is 23.6 Å². The topological polar surface area (TPSA) is 41.8 Å². The first-order chi connectivity index (χ1) is 10.6. The minimum absolute atomic E-state index is 0.654. The molecule has 3 rings (SSSR count). The number of hydrogen-bond acceptors (Lipinski definition) is 2. The summed E-state index contributed by atoms with van der Waals surface area (Å²) in [6, 6.07) is 5.96. The highest BCUT2D eigenvalue weighted by Crippen LogP contribution is 2.39. The normalized spacial score (nSPS) is 11.5. The Morgan fingerprint density at radius 1 is 1.18 bits per heavy atom. The molecule has 3 aromatic rings. The molecule has 0 atom stereocenters. The van der Waals surface area contributed by atoms with Crippen molar-refractivity contribution in [1.29, 1.82) is 0 Å². The first kappa shape index (κ1) is 15.9. The molecule has 0 bridgehead atoms. The number of nitrogens with one attached hydrogen (secondary N) is 1. The summed E-state index contributed by atoms with van der Waals surface area (Å²) >= 11 is 14.4. The highest BCUT2D eigenvalue weighted by molar-refractivity contribution is 7.13. The first-order valence-electron chi connectivity index (χ1n) is 7.35. The summed E-state index contributed by atoms with van der Waals surface area (Å²) in [6.45, 7) is 2.83. The van der Waals surface area contributed by atoms with E-state index >= 15 is 0 Å². The Morgan fingerprint density at radius 3 is 2.68 bits per heavy atom. The molecular formula is C17H18Cl2N2S. The Morgan fingerprint density at radius 2 is 2.00 bits per heavy atom. The number of unbranched alkanes of at least 4 members (excludes halogenated alkanes) is 1. The summed E-state index contributed by atoms with van der Waals surface area (Å²) in [6.07, 6.45) is 3.03. The second-order valence-electron chi connectivity index (χ2n) is 5.52. The molecule has 0 saturated heterocycles. The van der Waals surface area contributed by atoms with E-state index in [1.807, 2.05) is 12.1 Å². The molecule has 2 nitrogen and oxygen atoms in total. The van der Waals surface area contributed by atoms with Crippen LogP contribution >= 0.6 is 34.5 Å². The molecule has 1 aromatic carbocycles. The Balaban J connectivity index is 2.16. The van der Waals surface area contributed by atoms with Crippen LogP contribution in [0.3, 0.4) is 0 Å². The van der Waals surface area contributed by atoms with Crippen LogP contribution in [0.1, 0.15) is 24.0 Å². The second kappa shape index (κ2) is 6.63. The number of aromatic amines is 1. The lowest BCUT2D eigenvalue weighted by Crippen LogP contribution is -1.99. The van der Waals surface area contributed by atoms with Crippen molar-refractivity contribution in [3.8, 4) is 10.6 Å². The predicted octanol–water partition coefficient (Wildman–Crippen LogP) is 5.79. The second-order valence-corrected chi connectivity index (χ2v) is 7.28. The third-order valence-corrected chi connectivity index (χ3v) is 5.36. The number of nitrogens with two attached hydrogens (primary N) is 1. The van der Waals surface area contributed by atoms with E-state index in [-0.39, 0.29) is 0 Å². The van der Waals surface area contributed by atoms with E-state index < -0.39 is 0 Å². The monoisotopic (exact) mass is 352 g/mol. The molecular weight excluding hydrogens is 335 g/mol. The minimum atomic E-state index is 0.654. The summed E-state index contributed by atoms with van der Waals surface area (Å²) in [4.78, 5) is 4.75. The average molecular weight is 353 g/mol. The molecule has 2 heterocycles. The van der Waals surface area contributed by atoms with Crippen molar-refractivity contribution in [2.45, 2.75) is 26.2 Å². The summed E-state index contributed by atoms with van der Waals surface area (Å²) in [7, 11) is 0. The molecule has 3 N–H and O–H groups in total. The lowest BCUT2D eigenvalue weighted by atomic mass is 10.0. The molecule has 0 spiro atoms. The van der Waals surface area contributed by atoms with Gasteiger partial charge in [0, 0.05) is 15.9 Å². The van der Waals surface area contributed by atoms with Crippen LogP contribution in [-0.4, -0.2) is 11.5 Å². The molecule has 22 heavy (non-hydrogen) atoms. The lowest BCUT2D eigenvalue weighted by Gasteiger charge is -2.04. The summed E-state index contributed by atoms with van der Waals surface area (Å²) in [5.41, 5.74) is 10.3. The van der Waals surface area contributed by atoms with Gasteiger partial charge in [-0.2, -0.15) is 0 Å². The Kier molecular flexibility index (Phi) is 4.79. The molecule has 0 aliphatic rings. The van der Waals surface area contributed by atoms with Gasteiger partial charge in [-0.3, -0.25) is 0 Å². The van der Waals surface area contributed by atoms with Gasteiger partial charge >= 0.3 is 0 Å². The van der Waals surface area contributed by atoms with Gasteiger partial charge in [0.1, 0.15) is 0 Å². The fraction of sp³-hybridized carbons (Fsp3) is 0.294. The van der Waals surface area contributed by atoms with Crippen molar-refractivity contribution < 1.29 is 0 Å². The van der Waals surface area contributed by atoms with E-state index in [0.29, 0.717) is 10.0 Å². The van der Waals surface area contributed by atoms with Gasteiger partial charge in [0.2, 0.25) is 0 Å². The zero-order valence-corrected chi connectivity index (χ0v) is 14.7. The minimum Gasteiger partial charge on any atom is -0.354 e. The van der Waals surface area contributed by atoms with E-state index in [0.717, 1.165) is 42.4 Å². The van der Waals surface area contributed by atoms with Gasteiger partial charge in [-0.25, -0.2) is 0 Å². The van der Waals surface area contributed by atoms with Gasteiger partial charge in [0.25, 0.3) is 0 Å². The number of hydrogen-bond donors (Lipinski definition) is 2. The van der Waals surface area contributed by atoms with Gasteiger partial charge < -0.3 is 10.7 Å². The SMILES string of the molecule is Cc1csc(-c2[nH]c3cc(Cl)cc(Cl)c3c2CCCCN)c1. The first-order valence-corrected chi connectivity index (χ1v) is 8.99. The molecule has 5 heteroatoms. The van der Waals surface area contributed by atoms with E-state index in [1.54, 1.807) is 11.3 Å². The number of H-pyrrole nitrogens is 1. The largest absolute Gasteiger partial charge is 0.354 e. The smallest absolute Gasteiger partial charge is 0.0599 e. The predicted molar refractivity (Wildman–Crippen MR) is 98.4 cm³/mol. The maximum Gasteiger partial charge on any atom is 0.0599 e. The Labute approximate surface area is 144 Å². The van der Waals surface area contributed by atoms with Gasteiger partial charge in [0.05, 0.1) is 15.6 Å². The molecule has 0 saturated carbocycles. The van der Waals surface area contributed by atoms with Crippen LogP contribution in [0.5, 0.6) is 0 Å². The standard InChI is InChI=1S/C17H18Cl2N2S/c1-10-6-15(22-9-10)17-12(4-2-3-5-20)16-13(19)7-11(18)8-14(16)21-17/h6-9,21H,2-5,20H2,1H3. The number of rotatable bonds is 5. The summed E-state index contributed by atoms with van der Waals surface area (Å²) < 4.78 is 0. The van der Waals surface area contributed by atoms with Crippen LogP contribution in [-0.2, 0) is 6.42 Å². The van der Waals surface area contributed by atoms with Crippen LogP contribution in [0.25, 0.3) is 21.5 Å². The maximum atomic E-state index is 6.46. The fourth-order valence-electron chi connectivity index (χ4n) is 2.78. The van der Waals surface area contributed by atoms with Crippen LogP contribution in [0.2, 0.25) is 10.0 Å². The third-order valence-electron chi connectivity index (χ3n) is 3.78. The lowest BCUT2D eigenvalue weighted by molar-refractivity contribution is 0.748. The van der Waals surface area contributed by atoms with Crippen LogP contribution in [0.4, 0.5) is 0 Å². The number of thiophene rings is 1. The van der Waals surface area contributed by atoms with Crippen LogP contribution < -0.4 is 5.73 Å². The number of fused-ring (bicyclic) bond motifs is 1. The number of benzene rings is 1. The average Bonchev–Trinajstić information content (AvgIpc) is 3.03. The molecule has 0 aliphatic carbocycles. The zero-order valence-electron chi connectivity index (χ0n) is 12.4. The highest BCUT2D eigenvalue weighted by Gasteiger charge is 2.17. The van der Waals surface area contributed by atoms with Gasteiger partial charge in [-0.05, 0) is 67.4 Å². The molecule has 0 aliphatic heterocycles. The highest BCUT2D eigenvalue weighted by atomic mass is 35.5. The quantitative estimate of drug-likeness (QED) is 0.560. The number of halogens is 2. The van der Waals surface area contributed by atoms with Gasteiger partial charge in [-0.1, -0.05) is 23.2 Å².